The number of benzene rings is 1. The predicted octanol–water partition coefficient (Wildman–Crippen LogP) is 2.23. The van der Waals surface area contributed by atoms with Gasteiger partial charge in [0, 0.05) is 12.5 Å². The number of amides is 1. The number of aliphatic carboxylic acids is 1. The molecule has 2 rings (SSSR count). The minimum absolute atomic E-state index is 0.00811. The van der Waals surface area contributed by atoms with Gasteiger partial charge < -0.3 is 14.7 Å². The van der Waals surface area contributed by atoms with Crippen molar-refractivity contribution in [1.29, 1.82) is 0 Å². The summed E-state index contributed by atoms with van der Waals surface area (Å²) in [5.74, 6) is -1.60. The second-order valence-corrected chi connectivity index (χ2v) is 5.48. The Kier molecular flexibility index (Phi) is 5.00. The molecule has 22 heavy (non-hydrogen) atoms. The lowest BCUT2D eigenvalue weighted by Crippen LogP contribution is -2.44. The summed E-state index contributed by atoms with van der Waals surface area (Å²) in [6.45, 7) is 1.50. The van der Waals surface area contributed by atoms with E-state index in [1.165, 1.54) is 25.0 Å². The molecule has 1 atom stereocenters. The van der Waals surface area contributed by atoms with Crippen molar-refractivity contribution < 1.29 is 23.8 Å². The van der Waals surface area contributed by atoms with Crippen LogP contribution < -0.4 is 4.74 Å². The van der Waals surface area contributed by atoms with Crippen molar-refractivity contribution in [2.24, 2.45) is 0 Å². The molecular weight excluding hydrogens is 289 g/mol. The summed E-state index contributed by atoms with van der Waals surface area (Å²) in [6.07, 6.45) is 1.96. The molecule has 1 saturated carbocycles. The number of rotatable bonds is 7. The fourth-order valence-corrected chi connectivity index (χ4v) is 2.49. The third kappa shape index (κ3) is 3.55. The molecule has 1 fully saturated rings. The fourth-order valence-electron chi connectivity index (χ4n) is 2.49. The largest absolute Gasteiger partial charge is 0.494 e. The summed E-state index contributed by atoms with van der Waals surface area (Å²) in [5.41, 5.74) is 0.395. The maximum atomic E-state index is 14.0. The number of methoxy groups -OCH3 is 1. The fraction of sp³-hybridized carbons (Fsp3) is 0.500. The van der Waals surface area contributed by atoms with Gasteiger partial charge in [-0.3, -0.25) is 4.79 Å². The van der Waals surface area contributed by atoms with Crippen molar-refractivity contribution in [3.63, 3.8) is 0 Å². The van der Waals surface area contributed by atoms with Crippen LogP contribution >= 0.6 is 0 Å². The Balaban J connectivity index is 2.04. The lowest BCUT2D eigenvalue weighted by Gasteiger charge is -2.26. The number of hydrogen-bond donors (Lipinski definition) is 1. The molecule has 0 aliphatic heterocycles. The van der Waals surface area contributed by atoms with Crippen molar-refractivity contribution in [2.45, 2.75) is 44.7 Å². The van der Waals surface area contributed by atoms with Gasteiger partial charge in [0.15, 0.2) is 11.6 Å². The number of aryl methyl sites for hydroxylation is 1. The highest BCUT2D eigenvalue weighted by Gasteiger charge is 2.38. The van der Waals surface area contributed by atoms with Crippen LogP contribution in [0.15, 0.2) is 18.2 Å². The zero-order valence-electron chi connectivity index (χ0n) is 12.7. The molecule has 0 saturated heterocycles. The van der Waals surface area contributed by atoms with Crippen LogP contribution in [-0.4, -0.2) is 41.1 Å². The summed E-state index contributed by atoms with van der Waals surface area (Å²) in [5, 5.41) is 9.11. The maximum absolute atomic E-state index is 14.0. The molecule has 1 amide bonds. The highest BCUT2D eigenvalue weighted by Crippen LogP contribution is 2.30. The summed E-state index contributed by atoms with van der Waals surface area (Å²) >= 11 is 0. The second-order valence-electron chi connectivity index (χ2n) is 5.48. The van der Waals surface area contributed by atoms with Crippen LogP contribution in [0.5, 0.6) is 5.75 Å². The van der Waals surface area contributed by atoms with Crippen LogP contribution in [0.3, 0.4) is 0 Å². The molecule has 1 aliphatic rings. The van der Waals surface area contributed by atoms with E-state index >= 15 is 0 Å². The molecule has 6 heteroatoms. The highest BCUT2D eigenvalue weighted by atomic mass is 19.1. The lowest BCUT2D eigenvalue weighted by atomic mass is 10.1. The maximum Gasteiger partial charge on any atom is 0.326 e. The molecule has 120 valence electrons. The third-order valence-electron chi connectivity index (χ3n) is 3.87. The normalized spacial score (nSPS) is 15.2. The zero-order valence-corrected chi connectivity index (χ0v) is 12.7. The van der Waals surface area contributed by atoms with Crippen molar-refractivity contribution in [2.75, 3.05) is 7.11 Å². The lowest BCUT2D eigenvalue weighted by molar-refractivity contribution is -0.150. The first-order valence-electron chi connectivity index (χ1n) is 7.31. The van der Waals surface area contributed by atoms with Gasteiger partial charge in [-0.2, -0.15) is 0 Å². The monoisotopic (exact) mass is 309 g/mol. The van der Waals surface area contributed by atoms with Gasteiger partial charge in [0.1, 0.15) is 6.04 Å². The molecule has 0 aromatic heterocycles. The molecule has 0 spiro atoms. The number of carbonyl (C=O) groups excluding carboxylic acids is 1. The van der Waals surface area contributed by atoms with Gasteiger partial charge in [0.25, 0.3) is 0 Å². The molecule has 0 radical (unpaired) electrons. The Hall–Kier alpha value is -2.11. The predicted molar refractivity (Wildman–Crippen MR) is 78.2 cm³/mol. The van der Waals surface area contributed by atoms with Gasteiger partial charge >= 0.3 is 5.97 Å². The molecule has 0 bridgehead atoms. The SMILES string of the molecule is COc1cccc(CCC(=O)N(C2CC2)C(C)C(=O)O)c1F. The number of carboxylic acid groups (broad SMARTS) is 1. The van der Waals surface area contributed by atoms with Crippen LogP contribution in [0.4, 0.5) is 4.39 Å². The van der Waals surface area contributed by atoms with Gasteiger partial charge in [-0.05, 0) is 37.8 Å². The second kappa shape index (κ2) is 6.77. The molecule has 0 heterocycles. The van der Waals surface area contributed by atoms with Crippen LogP contribution in [0.1, 0.15) is 31.7 Å². The minimum atomic E-state index is -1.02. The molecule has 1 unspecified atom stereocenters. The van der Waals surface area contributed by atoms with Crippen molar-refractivity contribution in [1.82, 2.24) is 4.90 Å². The van der Waals surface area contributed by atoms with E-state index in [2.05, 4.69) is 0 Å². The zero-order chi connectivity index (χ0) is 16.3. The van der Waals surface area contributed by atoms with E-state index in [9.17, 15) is 14.0 Å². The Morgan fingerprint density at radius 2 is 2.14 bits per heavy atom. The van der Waals surface area contributed by atoms with Crippen LogP contribution in [0.2, 0.25) is 0 Å². The van der Waals surface area contributed by atoms with Gasteiger partial charge in [0.2, 0.25) is 5.91 Å². The average Bonchev–Trinajstić information content (AvgIpc) is 3.31. The summed E-state index contributed by atoms with van der Waals surface area (Å²) in [4.78, 5) is 24.9. The summed E-state index contributed by atoms with van der Waals surface area (Å²) in [6, 6.07) is 3.95. The van der Waals surface area contributed by atoms with Crippen LogP contribution in [0, 0.1) is 5.82 Å². The number of halogens is 1. The topological polar surface area (TPSA) is 66.8 Å². The minimum Gasteiger partial charge on any atom is -0.494 e. The Morgan fingerprint density at radius 3 is 2.68 bits per heavy atom. The van der Waals surface area contributed by atoms with Gasteiger partial charge in [0.05, 0.1) is 7.11 Å². The molecule has 1 N–H and O–H groups in total. The first kappa shape index (κ1) is 16.3. The van der Waals surface area contributed by atoms with E-state index in [4.69, 9.17) is 9.84 Å². The van der Waals surface area contributed by atoms with E-state index in [-0.39, 0.29) is 30.5 Å². The molecule has 5 nitrogen and oxygen atoms in total. The highest BCUT2D eigenvalue weighted by molar-refractivity contribution is 5.84. The van der Waals surface area contributed by atoms with Crippen LogP contribution in [-0.2, 0) is 16.0 Å². The number of hydrogen-bond acceptors (Lipinski definition) is 3. The van der Waals surface area contributed by atoms with Crippen molar-refractivity contribution in [3.8, 4) is 5.75 Å². The Bertz CT molecular complexity index is 571. The van der Waals surface area contributed by atoms with E-state index in [1.54, 1.807) is 12.1 Å². The number of carbonyl (C=O) groups is 2. The van der Waals surface area contributed by atoms with Gasteiger partial charge in [-0.25, -0.2) is 9.18 Å². The van der Waals surface area contributed by atoms with Crippen molar-refractivity contribution >= 4 is 11.9 Å². The third-order valence-corrected chi connectivity index (χ3v) is 3.87. The Labute approximate surface area is 128 Å². The summed E-state index contributed by atoms with van der Waals surface area (Å²) < 4.78 is 18.9. The molecular formula is C16H20FNO4. The number of ether oxygens (including phenoxy) is 1. The van der Waals surface area contributed by atoms with Crippen LogP contribution in [0.25, 0.3) is 0 Å². The van der Waals surface area contributed by atoms with Gasteiger partial charge in [-0.15, -0.1) is 0 Å². The quantitative estimate of drug-likeness (QED) is 0.839. The first-order chi connectivity index (χ1) is 10.5. The van der Waals surface area contributed by atoms with Crippen molar-refractivity contribution in [3.05, 3.63) is 29.6 Å². The standard InChI is InChI=1S/C16H20FNO4/c1-10(16(20)21)18(12-7-8-12)14(19)9-6-11-4-3-5-13(22-2)15(11)17/h3-5,10,12H,6-9H2,1-2H3,(H,20,21). The number of carboxylic acids is 1. The first-order valence-corrected chi connectivity index (χ1v) is 7.31. The molecule has 1 aromatic rings. The van der Waals surface area contributed by atoms with E-state index in [1.807, 2.05) is 0 Å². The Morgan fingerprint density at radius 1 is 1.45 bits per heavy atom. The van der Waals surface area contributed by atoms with E-state index in [0.717, 1.165) is 12.8 Å². The molecule has 1 aliphatic carbocycles. The average molecular weight is 309 g/mol. The summed E-state index contributed by atoms with van der Waals surface area (Å²) in [7, 11) is 1.39. The molecule has 1 aromatic carbocycles. The van der Waals surface area contributed by atoms with Gasteiger partial charge in [-0.1, -0.05) is 12.1 Å². The van der Waals surface area contributed by atoms with E-state index < -0.39 is 17.8 Å². The van der Waals surface area contributed by atoms with E-state index in [0.29, 0.717) is 5.56 Å². The smallest absolute Gasteiger partial charge is 0.326 e. The number of nitrogens with zero attached hydrogens (tertiary/aromatic N) is 1.